The maximum atomic E-state index is 7.01. The van der Waals surface area contributed by atoms with Gasteiger partial charge in [0.2, 0.25) is 0 Å². The van der Waals surface area contributed by atoms with Crippen LogP contribution in [-0.4, -0.2) is 9.13 Å². The van der Waals surface area contributed by atoms with Crippen LogP contribution in [-0.2, 0) is 13.1 Å². The van der Waals surface area contributed by atoms with E-state index in [0.29, 0.717) is 0 Å². The minimum Gasteiger partial charge on any atom is -0.455 e. The summed E-state index contributed by atoms with van der Waals surface area (Å²) in [5.41, 5.74) is 8.56. The van der Waals surface area contributed by atoms with Crippen molar-refractivity contribution in [1.29, 1.82) is 0 Å². The number of hydrogen-bond acceptors (Lipinski definition) is 2. The van der Waals surface area contributed by atoms with Crippen LogP contribution < -0.4 is 0 Å². The highest BCUT2D eigenvalue weighted by atomic mass is 16.3. The van der Waals surface area contributed by atoms with Crippen molar-refractivity contribution < 1.29 is 8.83 Å². The highest BCUT2D eigenvalue weighted by Crippen LogP contribution is 2.49. The zero-order valence-corrected chi connectivity index (χ0v) is 25.5. The van der Waals surface area contributed by atoms with Crippen molar-refractivity contribution in [1.82, 2.24) is 9.13 Å². The van der Waals surface area contributed by atoms with Crippen LogP contribution in [0.4, 0.5) is 0 Å². The van der Waals surface area contributed by atoms with E-state index in [1.54, 1.807) is 0 Å². The highest BCUT2D eigenvalue weighted by molar-refractivity contribution is 6.41. The molecule has 0 aliphatic heterocycles. The summed E-state index contributed by atoms with van der Waals surface area (Å²) in [6, 6.07) is 39.5. The van der Waals surface area contributed by atoms with Crippen LogP contribution in [0.5, 0.6) is 0 Å². The van der Waals surface area contributed by atoms with Gasteiger partial charge >= 0.3 is 0 Å². The van der Waals surface area contributed by atoms with E-state index in [1.807, 2.05) is 0 Å². The van der Waals surface area contributed by atoms with Crippen LogP contribution in [0.1, 0.15) is 13.8 Å². The third-order valence-corrected chi connectivity index (χ3v) is 10.5. The van der Waals surface area contributed by atoms with Crippen molar-refractivity contribution in [2.45, 2.75) is 26.9 Å². The Labute approximate surface area is 262 Å². The number of rotatable bonds is 2. The third kappa shape index (κ3) is 2.78. The molecule has 4 aromatic heterocycles. The second-order valence-corrected chi connectivity index (χ2v) is 12.5. The van der Waals surface area contributed by atoms with Crippen LogP contribution in [0.15, 0.2) is 118 Å². The average molecular weight is 593 g/mol. The molecule has 0 radical (unpaired) electrons. The molecule has 0 bridgehead atoms. The number of fused-ring (bicyclic) bond motifs is 14. The van der Waals surface area contributed by atoms with Gasteiger partial charge in [-0.25, -0.2) is 0 Å². The number of benzene rings is 7. The lowest BCUT2D eigenvalue weighted by molar-refractivity contribution is 0.665. The summed E-state index contributed by atoms with van der Waals surface area (Å²) in [5.74, 6) is 0. The molecule has 0 saturated heterocycles. The summed E-state index contributed by atoms with van der Waals surface area (Å²) in [6.45, 7) is 6.21. The molecule has 0 atom stereocenters. The first-order valence-corrected chi connectivity index (χ1v) is 16.2. The van der Waals surface area contributed by atoms with Gasteiger partial charge in [0.25, 0.3) is 0 Å². The van der Waals surface area contributed by atoms with Gasteiger partial charge in [0, 0.05) is 67.2 Å². The van der Waals surface area contributed by atoms with Crippen LogP contribution in [0.25, 0.3) is 109 Å². The molecule has 4 nitrogen and oxygen atoms in total. The molecule has 7 aromatic carbocycles. The number of hydrogen-bond donors (Lipinski definition) is 0. The molecule has 11 aromatic rings. The molecule has 0 saturated carbocycles. The predicted molar refractivity (Wildman–Crippen MR) is 193 cm³/mol. The first-order chi connectivity index (χ1) is 22.8. The summed E-state index contributed by atoms with van der Waals surface area (Å²) in [7, 11) is 0. The SMILES string of the molecule is CCn1c2ccccc2c2c3oc4cccc5c4c(c3ccc21)c1cccc2oc3c(ccc4c3c3ccccc3n4CC)c5c21. The van der Waals surface area contributed by atoms with Crippen molar-refractivity contribution in [2.24, 2.45) is 0 Å². The molecular formula is C42H28N2O2. The standard InChI is InChI=1S/C42H28N2O2/c1-3-43-29-15-7-5-11-23(29)37-31(43)21-19-27-35-25-13-10-18-34-40(25)36(26-14-9-17-33(39(26)35)45-41(27)37)28-20-22-32-38(42(28)46-34)24-12-6-8-16-30(24)44(32)4-2/h5-22H,3-4H2,1-2H3. The van der Waals surface area contributed by atoms with E-state index in [4.69, 9.17) is 8.83 Å². The van der Waals surface area contributed by atoms with Crippen molar-refractivity contribution in [3.8, 4) is 0 Å². The van der Waals surface area contributed by atoms with E-state index < -0.39 is 0 Å². The van der Waals surface area contributed by atoms with Gasteiger partial charge in [-0.1, -0.05) is 60.7 Å². The largest absolute Gasteiger partial charge is 0.455 e. The van der Waals surface area contributed by atoms with Crippen molar-refractivity contribution >= 4 is 109 Å². The fraction of sp³-hybridized carbons (Fsp3) is 0.0952. The van der Waals surface area contributed by atoms with Crippen LogP contribution in [0, 0.1) is 0 Å². The molecule has 11 rings (SSSR count). The number of aryl methyl sites for hydroxylation is 2. The van der Waals surface area contributed by atoms with Gasteiger partial charge in [0.1, 0.15) is 22.3 Å². The summed E-state index contributed by atoms with van der Waals surface area (Å²) >= 11 is 0. The molecule has 4 heterocycles. The number of para-hydroxylation sites is 2. The molecular weight excluding hydrogens is 564 g/mol. The molecule has 218 valence electrons. The summed E-state index contributed by atoms with van der Waals surface area (Å²) < 4.78 is 18.8. The van der Waals surface area contributed by atoms with Gasteiger partial charge in [0.05, 0.1) is 21.8 Å². The Hall–Kier alpha value is -5.74. The van der Waals surface area contributed by atoms with Gasteiger partial charge in [0.15, 0.2) is 0 Å². The first kappa shape index (κ1) is 24.6. The normalized spacial score (nSPS) is 12.7. The number of aromatic nitrogens is 2. The van der Waals surface area contributed by atoms with E-state index in [0.717, 1.165) is 57.0 Å². The lowest BCUT2D eigenvalue weighted by Gasteiger charge is -2.17. The second-order valence-electron chi connectivity index (χ2n) is 12.5. The molecule has 0 amide bonds. The summed E-state index contributed by atoms with van der Waals surface area (Å²) in [5, 5.41) is 14.2. The summed E-state index contributed by atoms with van der Waals surface area (Å²) in [6.07, 6.45) is 0. The fourth-order valence-corrected chi connectivity index (χ4v) is 8.72. The lowest BCUT2D eigenvalue weighted by atomic mass is 9.89. The molecule has 4 heteroatoms. The average Bonchev–Trinajstić information content (AvgIpc) is 3.61. The molecule has 0 spiro atoms. The zero-order chi connectivity index (χ0) is 30.3. The number of nitrogens with zero attached hydrogens (tertiary/aromatic N) is 2. The zero-order valence-electron chi connectivity index (χ0n) is 25.5. The second kappa shape index (κ2) is 8.49. The van der Waals surface area contributed by atoms with E-state index in [-0.39, 0.29) is 0 Å². The maximum Gasteiger partial charge on any atom is 0.145 e. The topological polar surface area (TPSA) is 36.1 Å². The van der Waals surface area contributed by atoms with Gasteiger partial charge < -0.3 is 18.0 Å². The van der Waals surface area contributed by atoms with E-state index in [1.165, 1.54) is 65.2 Å². The van der Waals surface area contributed by atoms with Crippen LogP contribution >= 0.6 is 0 Å². The minimum atomic E-state index is 0.894. The van der Waals surface area contributed by atoms with Gasteiger partial charge in [-0.3, -0.25) is 0 Å². The minimum absolute atomic E-state index is 0.894. The van der Waals surface area contributed by atoms with Crippen molar-refractivity contribution in [3.05, 3.63) is 109 Å². The Kier molecular flexibility index (Phi) is 4.54. The maximum absolute atomic E-state index is 7.01. The summed E-state index contributed by atoms with van der Waals surface area (Å²) in [4.78, 5) is 0. The Morgan fingerprint density at radius 3 is 1.26 bits per heavy atom. The van der Waals surface area contributed by atoms with Crippen LogP contribution in [0.3, 0.4) is 0 Å². The Balaban J connectivity index is 1.41. The molecule has 0 aliphatic carbocycles. The molecule has 46 heavy (non-hydrogen) atoms. The Morgan fingerprint density at radius 1 is 0.370 bits per heavy atom. The van der Waals surface area contributed by atoms with Gasteiger partial charge in [-0.15, -0.1) is 0 Å². The Bertz CT molecular complexity index is 2900. The third-order valence-electron chi connectivity index (χ3n) is 10.5. The highest BCUT2D eigenvalue weighted by Gasteiger charge is 2.24. The van der Waals surface area contributed by atoms with E-state index >= 15 is 0 Å². The quantitative estimate of drug-likeness (QED) is 0.148. The molecule has 0 unspecified atom stereocenters. The van der Waals surface area contributed by atoms with Crippen molar-refractivity contribution in [3.63, 3.8) is 0 Å². The lowest BCUT2D eigenvalue weighted by Crippen LogP contribution is -1.94. The predicted octanol–water partition coefficient (Wildman–Crippen LogP) is 12.0. The Morgan fingerprint density at radius 2 is 0.804 bits per heavy atom. The molecule has 0 N–H and O–H groups in total. The van der Waals surface area contributed by atoms with Gasteiger partial charge in [-0.05, 0) is 73.2 Å². The van der Waals surface area contributed by atoms with E-state index in [9.17, 15) is 0 Å². The molecule has 0 fully saturated rings. The first-order valence-electron chi connectivity index (χ1n) is 16.2. The van der Waals surface area contributed by atoms with E-state index in [2.05, 4.69) is 132 Å². The van der Waals surface area contributed by atoms with Crippen molar-refractivity contribution in [2.75, 3.05) is 0 Å². The smallest absolute Gasteiger partial charge is 0.145 e. The monoisotopic (exact) mass is 592 g/mol. The molecule has 0 aliphatic rings. The van der Waals surface area contributed by atoms with Gasteiger partial charge in [-0.2, -0.15) is 0 Å². The van der Waals surface area contributed by atoms with Crippen LogP contribution in [0.2, 0.25) is 0 Å². The fourth-order valence-electron chi connectivity index (χ4n) is 8.72.